The Morgan fingerprint density at radius 1 is 0.308 bits per heavy atom. The van der Waals surface area contributed by atoms with Crippen molar-refractivity contribution in [3.8, 4) is 11.1 Å². The van der Waals surface area contributed by atoms with Crippen LogP contribution >= 0.6 is 0 Å². The molecule has 0 heterocycles. The fraction of sp³-hybridized carbons (Fsp3) is 0.120. The molecule has 2 aliphatic rings. The Morgan fingerprint density at radius 3 is 0.981 bits per heavy atom. The first-order valence-corrected chi connectivity index (χ1v) is 18.7. The van der Waals surface area contributed by atoms with Gasteiger partial charge in [0.05, 0.1) is 12.1 Å². The fourth-order valence-corrected chi connectivity index (χ4v) is 8.99. The van der Waals surface area contributed by atoms with Gasteiger partial charge in [-0.25, -0.2) is 0 Å². The Balaban J connectivity index is 1.22. The molecule has 0 radical (unpaired) electrons. The third kappa shape index (κ3) is 5.26. The third-order valence-corrected chi connectivity index (χ3v) is 11.5. The summed E-state index contributed by atoms with van der Waals surface area (Å²) in [7, 11) is 0. The Hall–Kier alpha value is -6.12. The monoisotopic (exact) mass is 668 g/mol. The molecule has 2 heteroatoms. The first-order valence-electron chi connectivity index (χ1n) is 18.7. The van der Waals surface area contributed by atoms with Crippen LogP contribution in [-0.2, 0) is 25.7 Å². The van der Waals surface area contributed by atoms with E-state index in [-0.39, 0.29) is 12.1 Å². The maximum Gasteiger partial charge on any atom is 0.0773 e. The van der Waals surface area contributed by atoms with Crippen molar-refractivity contribution in [2.24, 2.45) is 0 Å². The summed E-state index contributed by atoms with van der Waals surface area (Å²) < 4.78 is 0. The highest BCUT2D eigenvalue weighted by Gasteiger charge is 2.28. The fourth-order valence-electron chi connectivity index (χ4n) is 8.99. The molecule has 52 heavy (non-hydrogen) atoms. The van der Waals surface area contributed by atoms with E-state index in [2.05, 4.69) is 180 Å². The standard InChI is InChI=1S/C50H40N2/c1-7-19-39-33(13-1)29-31-45(51-49-41-21-9-3-15-35(41)25-26-36-16-4-10-22-42(36)49)47(39)48-40-20-8-2-14-34(40)30-32-46(48)52-50-43-23-11-5-17-37(43)27-28-38-18-6-12-24-44(38)50/h1-24,29-32,49-52H,25-28H2. The molecule has 2 N–H and O–H groups in total. The van der Waals surface area contributed by atoms with Gasteiger partial charge in [-0.3, -0.25) is 0 Å². The Labute approximate surface area is 305 Å². The van der Waals surface area contributed by atoms with Crippen molar-refractivity contribution in [3.63, 3.8) is 0 Å². The van der Waals surface area contributed by atoms with Crippen molar-refractivity contribution in [3.05, 3.63) is 214 Å². The molecule has 0 spiro atoms. The van der Waals surface area contributed by atoms with E-state index in [1.165, 1.54) is 77.2 Å². The van der Waals surface area contributed by atoms with Gasteiger partial charge in [0.15, 0.2) is 0 Å². The van der Waals surface area contributed by atoms with Crippen LogP contribution in [0.25, 0.3) is 32.7 Å². The zero-order chi connectivity index (χ0) is 34.4. The molecule has 0 aromatic heterocycles. The van der Waals surface area contributed by atoms with Crippen molar-refractivity contribution >= 4 is 32.9 Å². The highest BCUT2D eigenvalue weighted by atomic mass is 14.9. The van der Waals surface area contributed by atoms with Crippen molar-refractivity contribution in [1.82, 2.24) is 0 Å². The van der Waals surface area contributed by atoms with Crippen LogP contribution in [0.15, 0.2) is 170 Å². The van der Waals surface area contributed by atoms with E-state index >= 15 is 0 Å². The van der Waals surface area contributed by atoms with Gasteiger partial charge in [0, 0.05) is 22.5 Å². The van der Waals surface area contributed by atoms with E-state index in [0.717, 1.165) is 37.1 Å². The number of hydrogen-bond donors (Lipinski definition) is 2. The lowest BCUT2D eigenvalue weighted by atomic mass is 9.88. The molecule has 2 aliphatic carbocycles. The van der Waals surface area contributed by atoms with Crippen molar-refractivity contribution in [2.45, 2.75) is 37.8 Å². The summed E-state index contributed by atoms with van der Waals surface area (Å²) in [6, 6.07) is 63.0. The number of aryl methyl sites for hydroxylation is 4. The van der Waals surface area contributed by atoms with Crippen LogP contribution in [0.3, 0.4) is 0 Å². The Bertz CT molecular complexity index is 2340. The molecular weight excluding hydrogens is 629 g/mol. The van der Waals surface area contributed by atoms with Gasteiger partial charge in [-0.2, -0.15) is 0 Å². The molecule has 0 bridgehead atoms. The molecule has 0 amide bonds. The van der Waals surface area contributed by atoms with Gasteiger partial charge in [0.2, 0.25) is 0 Å². The summed E-state index contributed by atoms with van der Waals surface area (Å²) in [5.74, 6) is 0. The summed E-state index contributed by atoms with van der Waals surface area (Å²) in [6.45, 7) is 0. The summed E-state index contributed by atoms with van der Waals surface area (Å²) >= 11 is 0. The molecule has 0 unspecified atom stereocenters. The van der Waals surface area contributed by atoms with Gasteiger partial charge < -0.3 is 10.6 Å². The average Bonchev–Trinajstić information content (AvgIpc) is 3.46. The number of rotatable bonds is 5. The van der Waals surface area contributed by atoms with E-state index in [9.17, 15) is 0 Å². The normalized spacial score (nSPS) is 14.1. The van der Waals surface area contributed by atoms with Crippen molar-refractivity contribution in [1.29, 1.82) is 0 Å². The topological polar surface area (TPSA) is 24.1 Å². The number of benzene rings is 8. The van der Waals surface area contributed by atoms with Gasteiger partial charge in [-0.1, -0.05) is 158 Å². The second-order valence-electron chi connectivity index (χ2n) is 14.4. The summed E-state index contributed by atoms with van der Waals surface area (Å²) in [5, 5.41) is 13.3. The largest absolute Gasteiger partial charge is 0.374 e. The second kappa shape index (κ2) is 12.9. The molecular formula is C50H40N2. The second-order valence-corrected chi connectivity index (χ2v) is 14.4. The molecule has 0 atom stereocenters. The van der Waals surface area contributed by atoms with Gasteiger partial charge in [-0.05, 0) is 104 Å². The van der Waals surface area contributed by atoms with Crippen LogP contribution in [0.1, 0.15) is 56.6 Å². The van der Waals surface area contributed by atoms with Crippen LogP contribution in [0.5, 0.6) is 0 Å². The SMILES string of the molecule is c1ccc2c(c1)CCc1ccccc1C2Nc1ccc2ccccc2c1-c1c(NC2c3ccccc3CCc3ccccc32)ccc2ccccc12. The first-order chi connectivity index (χ1) is 25.8. The molecule has 0 fully saturated rings. The van der Waals surface area contributed by atoms with Crippen LogP contribution in [0.4, 0.5) is 11.4 Å². The lowest BCUT2D eigenvalue weighted by Gasteiger charge is -2.28. The van der Waals surface area contributed by atoms with Crippen molar-refractivity contribution in [2.75, 3.05) is 10.6 Å². The van der Waals surface area contributed by atoms with E-state index in [0.29, 0.717) is 0 Å². The smallest absolute Gasteiger partial charge is 0.0773 e. The van der Waals surface area contributed by atoms with Gasteiger partial charge >= 0.3 is 0 Å². The van der Waals surface area contributed by atoms with Gasteiger partial charge in [-0.15, -0.1) is 0 Å². The molecule has 0 aliphatic heterocycles. The lowest BCUT2D eigenvalue weighted by molar-refractivity contribution is 0.928. The van der Waals surface area contributed by atoms with E-state index < -0.39 is 0 Å². The number of fused-ring (bicyclic) bond motifs is 6. The van der Waals surface area contributed by atoms with Gasteiger partial charge in [0.1, 0.15) is 0 Å². The maximum absolute atomic E-state index is 4.20. The van der Waals surface area contributed by atoms with Crippen LogP contribution in [0.2, 0.25) is 0 Å². The third-order valence-electron chi connectivity index (χ3n) is 11.5. The quantitative estimate of drug-likeness (QED) is 0.191. The molecule has 8 aromatic rings. The summed E-state index contributed by atoms with van der Waals surface area (Å²) in [6.07, 6.45) is 4.16. The van der Waals surface area contributed by atoms with Crippen LogP contribution in [-0.4, -0.2) is 0 Å². The Morgan fingerprint density at radius 2 is 0.615 bits per heavy atom. The predicted molar refractivity (Wildman–Crippen MR) is 218 cm³/mol. The minimum absolute atomic E-state index is 0.0156. The number of hydrogen-bond acceptors (Lipinski definition) is 2. The minimum Gasteiger partial charge on any atom is -0.374 e. The van der Waals surface area contributed by atoms with E-state index in [1.807, 2.05) is 0 Å². The molecule has 10 rings (SSSR count). The predicted octanol–water partition coefficient (Wildman–Crippen LogP) is 12.3. The lowest BCUT2D eigenvalue weighted by Crippen LogP contribution is -2.16. The zero-order valence-electron chi connectivity index (χ0n) is 29.1. The first kappa shape index (κ1) is 30.7. The van der Waals surface area contributed by atoms with E-state index in [1.54, 1.807) is 0 Å². The van der Waals surface area contributed by atoms with Gasteiger partial charge in [0.25, 0.3) is 0 Å². The average molecular weight is 669 g/mol. The summed E-state index contributed by atoms with van der Waals surface area (Å²) in [4.78, 5) is 0. The highest BCUT2D eigenvalue weighted by molar-refractivity contribution is 6.13. The Kier molecular flexibility index (Phi) is 7.61. The number of nitrogens with one attached hydrogen (secondary N) is 2. The van der Waals surface area contributed by atoms with E-state index in [4.69, 9.17) is 0 Å². The molecule has 0 saturated heterocycles. The molecule has 8 aromatic carbocycles. The highest BCUT2D eigenvalue weighted by Crippen LogP contribution is 2.47. The van der Waals surface area contributed by atoms with Crippen LogP contribution < -0.4 is 10.6 Å². The summed E-state index contributed by atoms with van der Waals surface area (Å²) in [5.41, 5.74) is 15.8. The van der Waals surface area contributed by atoms with Crippen LogP contribution in [0, 0.1) is 0 Å². The minimum atomic E-state index is 0.0156. The molecule has 0 saturated carbocycles. The van der Waals surface area contributed by atoms with Crippen molar-refractivity contribution < 1.29 is 0 Å². The maximum atomic E-state index is 4.20. The molecule has 2 nitrogen and oxygen atoms in total. The molecule has 250 valence electrons. The zero-order valence-corrected chi connectivity index (χ0v) is 29.1. The number of anilines is 2.